The predicted molar refractivity (Wildman–Crippen MR) is 427 cm³/mol. The molecule has 0 unspecified atom stereocenters. The van der Waals surface area contributed by atoms with Crippen LogP contribution in [0.2, 0.25) is 0 Å². The van der Waals surface area contributed by atoms with Gasteiger partial charge in [-0.15, -0.1) is 0 Å². The number of likely N-dealkylation sites (N-methyl/N-ethyl adjacent to an activating group) is 3. The zero-order valence-corrected chi connectivity index (χ0v) is 61.5. The van der Waals surface area contributed by atoms with E-state index in [1.807, 2.05) is 194 Å². The van der Waals surface area contributed by atoms with Crippen molar-refractivity contribution in [3.05, 3.63) is 224 Å². The highest BCUT2D eigenvalue weighted by atomic mass is 16.5. The smallest absolute Gasteiger partial charge is 0.276 e. The standard InChI is InChI=1S/C28H27N7O2.C27H32N8O.C26H30N8O/c1-35(2)13-12-30-26-11-9-21(17-31-26)32-28(36)27-24-15-19(8-10-25(24)33-34-27)20-14-23(18-29-16-20)37-22-6-4-3-5-7-22;1-34(2)12-9-29-25-8-6-22(17-30-25)31-27(36)26-23-14-20(5-7-24(23)32-33-26)21-13-19(15-28-16-21)18-35-10-3-4-11-35;1-33(2)11-8-28-24-7-5-21(16-29-24)30-26(35)25-22-13-19(4-6-23(22)31-32-25)20-12-18(14-27-15-20)17-34-9-3-10-34/h3-11,14-18H,12-13H2,1-2H3,(H,30,31)(H,32,36)(H,33,34);5-8,13-17H,3-4,9-12,18H2,1-2H3,(H,29,30)(H,31,36)(H,32,33);4-7,12-16H,3,8-11,17H2,1-2H3,(H,28,29)(H,30,35)(H,31,32). The van der Waals surface area contributed by atoms with E-state index < -0.39 is 0 Å². The minimum atomic E-state index is -0.321. The first-order valence-corrected chi connectivity index (χ1v) is 36.1. The van der Waals surface area contributed by atoms with Crippen molar-refractivity contribution in [1.82, 2.24) is 85.0 Å². The van der Waals surface area contributed by atoms with Crippen molar-refractivity contribution in [2.24, 2.45) is 0 Å². The fourth-order valence-electron chi connectivity index (χ4n) is 12.3. The van der Waals surface area contributed by atoms with Crippen LogP contribution >= 0.6 is 0 Å². The number of aromatic amines is 3. The Morgan fingerprint density at radius 3 is 1.11 bits per heavy atom. The van der Waals surface area contributed by atoms with Crippen LogP contribution in [0.5, 0.6) is 11.5 Å². The summed E-state index contributed by atoms with van der Waals surface area (Å²) in [4.78, 5) is 76.7. The highest BCUT2D eigenvalue weighted by Gasteiger charge is 2.21. The second kappa shape index (κ2) is 35.6. The van der Waals surface area contributed by atoms with E-state index in [0.717, 1.165) is 162 Å². The molecule has 27 heteroatoms. The van der Waals surface area contributed by atoms with Crippen LogP contribution in [0.15, 0.2) is 195 Å². The minimum absolute atomic E-state index is 0.283. The van der Waals surface area contributed by atoms with Crippen molar-refractivity contribution in [3.8, 4) is 44.9 Å². The highest BCUT2D eigenvalue weighted by molar-refractivity contribution is 6.13. The third kappa shape index (κ3) is 19.9. The molecule has 9 N–H and O–H groups in total. The van der Waals surface area contributed by atoms with Gasteiger partial charge in [0.2, 0.25) is 0 Å². The zero-order valence-electron chi connectivity index (χ0n) is 61.5. The molecule has 11 heterocycles. The van der Waals surface area contributed by atoms with E-state index in [1.165, 1.54) is 30.4 Å². The quantitative estimate of drug-likeness (QED) is 0.0231. The number of benzene rings is 4. The summed E-state index contributed by atoms with van der Waals surface area (Å²) in [6.45, 7) is 11.5. The largest absolute Gasteiger partial charge is 0.456 e. The Kier molecular flexibility index (Phi) is 24.4. The second-order valence-electron chi connectivity index (χ2n) is 27.4. The van der Waals surface area contributed by atoms with E-state index in [0.29, 0.717) is 45.3 Å². The van der Waals surface area contributed by atoms with Gasteiger partial charge in [-0.05, 0) is 219 Å². The highest BCUT2D eigenvalue weighted by Crippen LogP contribution is 2.32. The van der Waals surface area contributed by atoms with Gasteiger partial charge in [-0.3, -0.25) is 54.4 Å². The number of rotatable bonds is 27. The van der Waals surface area contributed by atoms with Crippen LogP contribution in [-0.4, -0.2) is 210 Å². The Morgan fingerprint density at radius 1 is 0.389 bits per heavy atom. The van der Waals surface area contributed by atoms with Gasteiger partial charge in [-0.1, -0.05) is 36.4 Å². The van der Waals surface area contributed by atoms with Crippen molar-refractivity contribution >= 4 is 84.9 Å². The fourth-order valence-corrected chi connectivity index (χ4v) is 12.3. The van der Waals surface area contributed by atoms with Gasteiger partial charge in [0.05, 0.1) is 58.4 Å². The summed E-state index contributed by atoms with van der Waals surface area (Å²) < 4.78 is 5.92. The lowest BCUT2D eigenvalue weighted by atomic mass is 10.0. The molecule has 552 valence electrons. The number of anilines is 6. The van der Waals surface area contributed by atoms with Gasteiger partial charge in [0.25, 0.3) is 17.7 Å². The van der Waals surface area contributed by atoms with Crippen LogP contribution in [0.25, 0.3) is 66.1 Å². The number of nitrogens with one attached hydrogen (secondary N) is 9. The van der Waals surface area contributed by atoms with Crippen molar-refractivity contribution in [2.75, 3.05) is 140 Å². The Balaban J connectivity index is 0.000000143. The predicted octanol–water partition coefficient (Wildman–Crippen LogP) is 12.3. The number of carbonyl (C=O) groups excluding carboxylic acids is 3. The molecule has 4 aromatic carbocycles. The SMILES string of the molecule is CN(C)CCNc1ccc(NC(=O)c2n[nH]c3ccc(-c4cncc(CN5CCC5)c4)cc23)cn1.CN(C)CCNc1ccc(NC(=O)c2n[nH]c3ccc(-c4cncc(CN5CCCC5)c4)cc23)cn1.CN(C)CCNc1ccc(NC(=O)c2n[nH]c3ccc(-c4cncc(Oc5ccccc5)c4)cc23)cn1. The molecule has 2 saturated heterocycles. The van der Waals surface area contributed by atoms with Gasteiger partial charge >= 0.3 is 0 Å². The first-order valence-electron chi connectivity index (χ1n) is 36.1. The molecule has 3 amide bonds. The monoisotopic (exact) mass is 1450 g/mol. The Bertz CT molecular complexity index is 5150. The number of para-hydroxylation sites is 1. The maximum Gasteiger partial charge on any atom is 0.276 e. The summed E-state index contributed by atoms with van der Waals surface area (Å²) in [5.41, 5.74) is 13.4. The van der Waals surface area contributed by atoms with Gasteiger partial charge in [0.1, 0.15) is 29.0 Å². The number of amides is 3. The molecule has 0 atom stereocenters. The van der Waals surface area contributed by atoms with E-state index in [-0.39, 0.29) is 17.7 Å². The molecule has 2 aliphatic heterocycles. The molecule has 108 heavy (non-hydrogen) atoms. The minimum Gasteiger partial charge on any atom is -0.456 e. The van der Waals surface area contributed by atoms with Gasteiger partial charge in [0, 0.05) is 116 Å². The Morgan fingerprint density at radius 2 is 0.759 bits per heavy atom. The number of pyridine rings is 6. The van der Waals surface area contributed by atoms with Gasteiger partial charge < -0.3 is 51.3 Å². The molecule has 9 aromatic heterocycles. The molecule has 2 fully saturated rings. The molecular weight excluding hydrogens is 1360 g/mol. The molecule has 0 radical (unpaired) electrons. The number of carbonyl (C=O) groups is 3. The molecule has 0 saturated carbocycles. The third-order valence-electron chi connectivity index (χ3n) is 18.2. The first kappa shape index (κ1) is 73.9. The number of ether oxygens (including phenoxy) is 1. The summed E-state index contributed by atoms with van der Waals surface area (Å²) >= 11 is 0. The summed E-state index contributed by atoms with van der Waals surface area (Å²) in [5, 5.41) is 42.4. The van der Waals surface area contributed by atoms with Crippen molar-refractivity contribution in [3.63, 3.8) is 0 Å². The number of hydrogen-bond acceptors (Lipinski definition) is 21. The number of aromatic nitrogens is 12. The maximum absolute atomic E-state index is 13.1. The van der Waals surface area contributed by atoms with E-state index in [2.05, 4.69) is 129 Å². The molecule has 0 spiro atoms. The van der Waals surface area contributed by atoms with Gasteiger partial charge in [-0.2, -0.15) is 15.3 Å². The van der Waals surface area contributed by atoms with Crippen LogP contribution in [0, 0.1) is 0 Å². The number of likely N-dealkylation sites (tertiary alicyclic amines) is 2. The molecule has 15 rings (SSSR count). The summed E-state index contributed by atoms with van der Waals surface area (Å²) in [6.07, 6.45) is 19.7. The number of H-pyrrole nitrogens is 3. The van der Waals surface area contributed by atoms with E-state index >= 15 is 0 Å². The molecule has 27 nitrogen and oxygen atoms in total. The van der Waals surface area contributed by atoms with Crippen molar-refractivity contribution in [2.45, 2.75) is 32.4 Å². The second-order valence-corrected chi connectivity index (χ2v) is 27.4. The first-order chi connectivity index (χ1) is 52.6. The van der Waals surface area contributed by atoms with Crippen LogP contribution in [0.4, 0.5) is 34.5 Å². The van der Waals surface area contributed by atoms with Crippen molar-refractivity contribution in [1.29, 1.82) is 0 Å². The van der Waals surface area contributed by atoms with Crippen LogP contribution in [-0.2, 0) is 13.1 Å². The molecule has 13 aromatic rings. The maximum atomic E-state index is 13.1. The lowest BCUT2D eigenvalue weighted by molar-refractivity contribution is 0.101. The number of nitrogens with zero attached hydrogens (tertiary/aromatic N) is 14. The number of fused-ring (bicyclic) bond motifs is 3. The topological polar surface area (TPSA) is 312 Å². The lowest BCUT2D eigenvalue weighted by Crippen LogP contribution is -2.36. The third-order valence-corrected chi connectivity index (χ3v) is 18.2. The molecule has 2 aliphatic rings. The van der Waals surface area contributed by atoms with Gasteiger partial charge in [0.15, 0.2) is 17.1 Å². The molecule has 0 bridgehead atoms. The van der Waals surface area contributed by atoms with Crippen molar-refractivity contribution < 1.29 is 19.1 Å². The van der Waals surface area contributed by atoms with E-state index in [1.54, 1.807) is 31.0 Å². The average Bonchev–Trinajstić information content (AvgIpc) is 1.64. The zero-order chi connectivity index (χ0) is 74.7. The van der Waals surface area contributed by atoms with Crippen LogP contribution in [0.3, 0.4) is 0 Å². The van der Waals surface area contributed by atoms with Crippen LogP contribution in [0.1, 0.15) is 61.9 Å². The molecule has 0 aliphatic carbocycles. The summed E-state index contributed by atoms with van der Waals surface area (Å²) in [6, 6.07) is 44.6. The average molecular weight is 1450 g/mol. The van der Waals surface area contributed by atoms with E-state index in [9.17, 15) is 14.4 Å². The van der Waals surface area contributed by atoms with Crippen LogP contribution < -0.4 is 36.6 Å². The summed E-state index contributed by atoms with van der Waals surface area (Å²) in [7, 11) is 12.1. The summed E-state index contributed by atoms with van der Waals surface area (Å²) in [5.74, 6) is 2.76. The van der Waals surface area contributed by atoms with Gasteiger partial charge in [-0.25, -0.2) is 15.0 Å². The number of hydrogen-bond donors (Lipinski definition) is 9. The lowest BCUT2D eigenvalue weighted by Gasteiger charge is -2.30. The Labute approximate surface area is 626 Å². The normalized spacial score (nSPS) is 12.9. The Hall–Kier alpha value is -12.4. The molecular formula is C81H89N23O4. The fraction of sp³-hybridized carbons (Fsp3) is 0.259. The van der Waals surface area contributed by atoms with E-state index in [4.69, 9.17) is 4.74 Å².